The first-order valence-electron chi connectivity index (χ1n) is 4.85. The van der Waals surface area contributed by atoms with Gasteiger partial charge in [0.1, 0.15) is 11.5 Å². The van der Waals surface area contributed by atoms with Crippen LogP contribution in [0.4, 0.5) is 4.39 Å². The van der Waals surface area contributed by atoms with Crippen LogP contribution in [0.2, 0.25) is 0 Å². The molecule has 0 aliphatic rings. The molecule has 0 amide bonds. The summed E-state index contributed by atoms with van der Waals surface area (Å²) in [5.74, 6) is -0.744. The van der Waals surface area contributed by atoms with Crippen LogP contribution in [0.1, 0.15) is 30.1 Å². The molecule has 0 spiro atoms. The number of hydrogen-bond donors (Lipinski definition) is 2. The van der Waals surface area contributed by atoms with E-state index < -0.39 is 5.66 Å². The number of rotatable bonds is 4. The van der Waals surface area contributed by atoms with Gasteiger partial charge in [0.15, 0.2) is 5.78 Å². The van der Waals surface area contributed by atoms with E-state index in [0.29, 0.717) is 12.0 Å². The van der Waals surface area contributed by atoms with E-state index in [9.17, 15) is 9.18 Å². The SMILES string of the molecule is CCCC(N)(N)C(=O)c1ccc(F)cc1. The molecule has 4 heteroatoms. The Kier molecular flexibility index (Phi) is 3.55. The van der Waals surface area contributed by atoms with Gasteiger partial charge in [0.25, 0.3) is 0 Å². The van der Waals surface area contributed by atoms with Gasteiger partial charge in [-0.3, -0.25) is 4.79 Å². The third kappa shape index (κ3) is 2.84. The molecule has 0 saturated carbocycles. The van der Waals surface area contributed by atoms with Gasteiger partial charge in [0.05, 0.1) is 0 Å². The summed E-state index contributed by atoms with van der Waals surface area (Å²) < 4.78 is 12.6. The van der Waals surface area contributed by atoms with Crippen LogP contribution >= 0.6 is 0 Å². The minimum Gasteiger partial charge on any atom is -0.307 e. The maximum Gasteiger partial charge on any atom is 0.196 e. The van der Waals surface area contributed by atoms with E-state index in [4.69, 9.17) is 11.5 Å². The average molecular weight is 210 g/mol. The number of carbonyl (C=O) groups is 1. The molecule has 15 heavy (non-hydrogen) atoms. The molecule has 4 N–H and O–H groups in total. The number of Topliss-reactive ketones (excluding diaryl/α,β-unsaturated/α-hetero) is 1. The van der Waals surface area contributed by atoms with Crippen LogP contribution < -0.4 is 11.5 Å². The Morgan fingerprint density at radius 3 is 2.33 bits per heavy atom. The van der Waals surface area contributed by atoms with Gasteiger partial charge in [-0.25, -0.2) is 4.39 Å². The fourth-order valence-electron chi connectivity index (χ4n) is 1.40. The molecule has 0 heterocycles. The maximum atomic E-state index is 12.6. The Labute approximate surface area is 88.3 Å². The van der Waals surface area contributed by atoms with E-state index in [1.54, 1.807) is 0 Å². The van der Waals surface area contributed by atoms with Crippen molar-refractivity contribution in [1.29, 1.82) is 0 Å². The van der Waals surface area contributed by atoms with Gasteiger partial charge in [-0.2, -0.15) is 0 Å². The second kappa shape index (κ2) is 4.51. The smallest absolute Gasteiger partial charge is 0.196 e. The first kappa shape index (κ1) is 11.8. The lowest BCUT2D eigenvalue weighted by Gasteiger charge is -2.22. The Morgan fingerprint density at radius 1 is 1.33 bits per heavy atom. The van der Waals surface area contributed by atoms with Crippen LogP contribution in [0, 0.1) is 5.82 Å². The molecule has 0 aliphatic carbocycles. The zero-order chi connectivity index (χ0) is 11.5. The van der Waals surface area contributed by atoms with Gasteiger partial charge < -0.3 is 11.5 Å². The predicted molar refractivity (Wildman–Crippen MR) is 56.7 cm³/mol. The van der Waals surface area contributed by atoms with Crippen molar-refractivity contribution in [2.24, 2.45) is 11.5 Å². The van der Waals surface area contributed by atoms with Gasteiger partial charge in [-0.15, -0.1) is 0 Å². The molecule has 0 fully saturated rings. The highest BCUT2D eigenvalue weighted by Crippen LogP contribution is 2.12. The monoisotopic (exact) mass is 210 g/mol. The molecule has 3 nitrogen and oxygen atoms in total. The van der Waals surface area contributed by atoms with Crippen LogP contribution in [-0.2, 0) is 0 Å². The zero-order valence-corrected chi connectivity index (χ0v) is 8.66. The lowest BCUT2D eigenvalue weighted by molar-refractivity contribution is 0.0883. The quantitative estimate of drug-likeness (QED) is 0.583. The highest BCUT2D eigenvalue weighted by molar-refractivity contribution is 6.02. The van der Waals surface area contributed by atoms with E-state index >= 15 is 0 Å². The van der Waals surface area contributed by atoms with E-state index in [1.165, 1.54) is 24.3 Å². The fourth-order valence-corrected chi connectivity index (χ4v) is 1.40. The third-order valence-corrected chi connectivity index (χ3v) is 2.19. The van der Waals surface area contributed by atoms with Crippen molar-refractivity contribution in [2.45, 2.75) is 25.4 Å². The Bertz CT molecular complexity index is 346. The van der Waals surface area contributed by atoms with E-state index in [-0.39, 0.29) is 11.6 Å². The second-order valence-electron chi connectivity index (χ2n) is 3.63. The van der Waals surface area contributed by atoms with Gasteiger partial charge >= 0.3 is 0 Å². The summed E-state index contributed by atoms with van der Waals surface area (Å²) in [6.07, 6.45) is 1.13. The topological polar surface area (TPSA) is 69.1 Å². The van der Waals surface area contributed by atoms with Gasteiger partial charge in [-0.05, 0) is 30.7 Å². The van der Waals surface area contributed by atoms with Crippen LogP contribution in [0.3, 0.4) is 0 Å². The molecule has 0 aliphatic heterocycles. The Morgan fingerprint density at radius 2 is 1.87 bits per heavy atom. The first-order valence-corrected chi connectivity index (χ1v) is 4.85. The number of halogens is 1. The molecular formula is C11H15FN2O. The highest BCUT2D eigenvalue weighted by atomic mass is 19.1. The maximum absolute atomic E-state index is 12.6. The number of hydrogen-bond acceptors (Lipinski definition) is 3. The van der Waals surface area contributed by atoms with Crippen molar-refractivity contribution in [3.05, 3.63) is 35.6 Å². The highest BCUT2D eigenvalue weighted by Gasteiger charge is 2.28. The Balaban J connectivity index is 2.89. The summed E-state index contributed by atoms with van der Waals surface area (Å²) in [5, 5.41) is 0. The minimum absolute atomic E-state index is 0.342. The largest absolute Gasteiger partial charge is 0.307 e. The first-order chi connectivity index (χ1) is 6.97. The zero-order valence-electron chi connectivity index (χ0n) is 8.66. The number of ketones is 1. The van der Waals surface area contributed by atoms with Gasteiger partial charge in [-0.1, -0.05) is 13.3 Å². The molecule has 1 aromatic rings. The van der Waals surface area contributed by atoms with Crippen molar-refractivity contribution in [3.63, 3.8) is 0 Å². The summed E-state index contributed by atoms with van der Waals surface area (Å²) in [7, 11) is 0. The summed E-state index contributed by atoms with van der Waals surface area (Å²) in [6, 6.07) is 5.22. The van der Waals surface area contributed by atoms with Gasteiger partial charge in [0, 0.05) is 5.56 Å². The van der Waals surface area contributed by atoms with Crippen molar-refractivity contribution >= 4 is 5.78 Å². The average Bonchev–Trinajstić information content (AvgIpc) is 2.18. The molecule has 0 unspecified atom stereocenters. The third-order valence-electron chi connectivity index (χ3n) is 2.19. The standard InChI is InChI=1S/C11H15FN2O/c1-2-7-11(13,14)10(15)8-3-5-9(12)6-4-8/h3-6H,2,7,13-14H2,1H3. The van der Waals surface area contributed by atoms with E-state index in [1.807, 2.05) is 6.92 Å². The molecule has 0 atom stereocenters. The lowest BCUT2D eigenvalue weighted by atomic mass is 9.95. The fraction of sp³-hybridized carbons (Fsp3) is 0.364. The van der Waals surface area contributed by atoms with Crippen molar-refractivity contribution in [2.75, 3.05) is 0 Å². The predicted octanol–water partition coefficient (Wildman–Crippen LogP) is 1.42. The second-order valence-corrected chi connectivity index (χ2v) is 3.63. The molecule has 0 radical (unpaired) electrons. The van der Waals surface area contributed by atoms with Crippen LogP contribution in [0.15, 0.2) is 24.3 Å². The van der Waals surface area contributed by atoms with Crippen molar-refractivity contribution in [3.8, 4) is 0 Å². The summed E-state index contributed by atoms with van der Waals surface area (Å²) >= 11 is 0. The number of nitrogens with two attached hydrogens (primary N) is 2. The Hall–Kier alpha value is -1.26. The molecule has 1 rings (SSSR count). The summed E-state index contributed by atoms with van der Waals surface area (Å²) in [6.45, 7) is 1.90. The van der Waals surface area contributed by atoms with Crippen molar-refractivity contribution < 1.29 is 9.18 Å². The van der Waals surface area contributed by atoms with E-state index in [2.05, 4.69) is 0 Å². The minimum atomic E-state index is -1.35. The molecule has 0 aromatic heterocycles. The lowest BCUT2D eigenvalue weighted by Crippen LogP contribution is -2.56. The molecule has 82 valence electrons. The van der Waals surface area contributed by atoms with Gasteiger partial charge in [0.2, 0.25) is 0 Å². The molecule has 1 aromatic carbocycles. The summed E-state index contributed by atoms with van der Waals surface area (Å²) in [4.78, 5) is 11.8. The van der Waals surface area contributed by atoms with Crippen molar-refractivity contribution in [1.82, 2.24) is 0 Å². The summed E-state index contributed by atoms with van der Waals surface area (Å²) in [5.41, 5.74) is 10.3. The van der Waals surface area contributed by atoms with Crippen LogP contribution in [0.25, 0.3) is 0 Å². The molecule has 0 saturated heterocycles. The normalized spacial score (nSPS) is 11.5. The van der Waals surface area contributed by atoms with E-state index in [0.717, 1.165) is 6.42 Å². The van der Waals surface area contributed by atoms with Crippen LogP contribution in [-0.4, -0.2) is 11.4 Å². The number of benzene rings is 1. The molecular weight excluding hydrogens is 195 g/mol. The number of carbonyl (C=O) groups excluding carboxylic acids is 1. The molecule has 0 bridgehead atoms. The van der Waals surface area contributed by atoms with Crippen LogP contribution in [0.5, 0.6) is 0 Å².